The first-order valence-electron chi connectivity index (χ1n) is 4.87. The summed E-state index contributed by atoms with van der Waals surface area (Å²) in [5.41, 5.74) is 6.61. The first-order valence-corrected chi connectivity index (χ1v) is 5.63. The average molecular weight is 250 g/mol. The van der Waals surface area contributed by atoms with Crippen molar-refractivity contribution in [1.82, 2.24) is 0 Å². The molecule has 15 heavy (non-hydrogen) atoms. The van der Waals surface area contributed by atoms with E-state index in [1.807, 2.05) is 13.8 Å². The minimum Gasteiger partial charge on any atom is -0.327 e. The molecule has 0 heterocycles. The van der Waals surface area contributed by atoms with Gasteiger partial charge in [0.2, 0.25) is 0 Å². The fourth-order valence-corrected chi connectivity index (χ4v) is 2.03. The quantitative estimate of drug-likeness (QED) is 0.807. The predicted molar refractivity (Wildman–Crippen MR) is 63.1 cm³/mol. The van der Waals surface area contributed by atoms with Gasteiger partial charge in [0.05, 0.1) is 5.02 Å². The van der Waals surface area contributed by atoms with Crippen LogP contribution in [-0.4, -0.2) is 6.04 Å². The Hall–Kier alpha value is -0.310. The minimum absolute atomic E-state index is 0.0225. The lowest BCUT2D eigenvalue weighted by Gasteiger charge is -2.20. The number of halogens is 3. The van der Waals surface area contributed by atoms with Crippen molar-refractivity contribution >= 4 is 23.2 Å². The van der Waals surface area contributed by atoms with Gasteiger partial charge >= 0.3 is 0 Å². The van der Waals surface area contributed by atoms with Gasteiger partial charge in [-0.1, -0.05) is 37.0 Å². The number of hydrogen-bond donors (Lipinski definition) is 1. The van der Waals surface area contributed by atoms with E-state index < -0.39 is 5.82 Å². The maximum atomic E-state index is 13.3. The molecule has 0 saturated heterocycles. The van der Waals surface area contributed by atoms with Crippen LogP contribution in [0.1, 0.15) is 31.7 Å². The summed E-state index contributed by atoms with van der Waals surface area (Å²) in [7, 11) is 0. The molecule has 0 bridgehead atoms. The van der Waals surface area contributed by atoms with E-state index in [1.54, 1.807) is 0 Å². The van der Waals surface area contributed by atoms with Gasteiger partial charge in [0.25, 0.3) is 0 Å². The summed E-state index contributed by atoms with van der Waals surface area (Å²) >= 11 is 11.6. The van der Waals surface area contributed by atoms with Crippen molar-refractivity contribution in [3.8, 4) is 0 Å². The van der Waals surface area contributed by atoms with Crippen molar-refractivity contribution < 1.29 is 4.39 Å². The van der Waals surface area contributed by atoms with Gasteiger partial charge in [-0.25, -0.2) is 4.39 Å². The summed E-state index contributed by atoms with van der Waals surface area (Å²) in [5.74, 6) is -0.430. The summed E-state index contributed by atoms with van der Waals surface area (Å²) in [6, 6.07) is 2.76. The molecule has 4 heteroatoms. The molecule has 1 aromatic rings. The Kier molecular flexibility index (Phi) is 4.38. The Labute approximate surface area is 99.4 Å². The van der Waals surface area contributed by atoms with Gasteiger partial charge in [0.15, 0.2) is 0 Å². The molecule has 0 aliphatic heterocycles. The number of nitrogens with two attached hydrogens (primary N) is 1. The van der Waals surface area contributed by atoms with Crippen molar-refractivity contribution in [2.45, 2.75) is 32.2 Å². The summed E-state index contributed by atoms with van der Waals surface area (Å²) < 4.78 is 13.3. The van der Waals surface area contributed by atoms with Crippen molar-refractivity contribution in [1.29, 1.82) is 0 Å². The molecule has 84 valence electrons. The highest BCUT2D eigenvalue weighted by Crippen LogP contribution is 2.31. The third-order valence-corrected chi connectivity index (χ3v) is 3.26. The van der Waals surface area contributed by atoms with Gasteiger partial charge in [0, 0.05) is 11.1 Å². The van der Waals surface area contributed by atoms with Crippen LogP contribution in [0.3, 0.4) is 0 Å². The lowest BCUT2D eigenvalue weighted by Crippen LogP contribution is -2.25. The Morgan fingerprint density at radius 2 is 1.93 bits per heavy atom. The Morgan fingerprint density at radius 1 is 1.33 bits per heavy atom. The topological polar surface area (TPSA) is 26.0 Å². The smallest absolute Gasteiger partial charge is 0.142 e. The molecular weight excluding hydrogens is 236 g/mol. The van der Waals surface area contributed by atoms with Crippen LogP contribution in [0.4, 0.5) is 4.39 Å². The van der Waals surface area contributed by atoms with Crippen LogP contribution in [0.2, 0.25) is 10.0 Å². The molecule has 0 amide bonds. The third-order valence-electron chi connectivity index (χ3n) is 2.64. The molecule has 1 aromatic carbocycles. The first kappa shape index (κ1) is 12.8. The van der Waals surface area contributed by atoms with Crippen molar-refractivity contribution in [2.24, 2.45) is 5.73 Å². The van der Waals surface area contributed by atoms with E-state index in [0.29, 0.717) is 10.6 Å². The van der Waals surface area contributed by atoms with E-state index in [4.69, 9.17) is 28.9 Å². The SMILES string of the molecule is CCC(N)C(C)c1cc(F)c(Cl)cc1Cl. The number of benzene rings is 1. The summed E-state index contributed by atoms with van der Waals surface area (Å²) in [5, 5.41) is 0.513. The van der Waals surface area contributed by atoms with E-state index >= 15 is 0 Å². The second kappa shape index (κ2) is 5.15. The molecule has 2 N–H and O–H groups in total. The first-order chi connectivity index (χ1) is 6.97. The second-order valence-electron chi connectivity index (χ2n) is 3.65. The molecule has 0 saturated carbocycles. The third kappa shape index (κ3) is 2.83. The van der Waals surface area contributed by atoms with Crippen LogP contribution < -0.4 is 5.73 Å². The van der Waals surface area contributed by atoms with Gasteiger partial charge in [-0.05, 0) is 30.0 Å². The fraction of sp³-hybridized carbons (Fsp3) is 0.455. The molecule has 0 spiro atoms. The zero-order valence-electron chi connectivity index (χ0n) is 8.73. The predicted octanol–water partition coefficient (Wildman–Crippen LogP) is 3.97. The van der Waals surface area contributed by atoms with E-state index in [0.717, 1.165) is 6.42 Å². The van der Waals surface area contributed by atoms with E-state index in [-0.39, 0.29) is 17.0 Å². The van der Waals surface area contributed by atoms with Crippen molar-refractivity contribution in [3.05, 3.63) is 33.6 Å². The van der Waals surface area contributed by atoms with Crippen molar-refractivity contribution in [2.75, 3.05) is 0 Å². The summed E-state index contributed by atoms with van der Waals surface area (Å²) in [4.78, 5) is 0. The maximum absolute atomic E-state index is 13.3. The lowest BCUT2D eigenvalue weighted by molar-refractivity contribution is 0.546. The number of hydrogen-bond acceptors (Lipinski definition) is 1. The van der Waals surface area contributed by atoms with Crippen LogP contribution in [0.15, 0.2) is 12.1 Å². The largest absolute Gasteiger partial charge is 0.327 e. The summed E-state index contributed by atoms with van der Waals surface area (Å²) in [6.07, 6.45) is 0.821. The molecule has 0 aliphatic carbocycles. The molecule has 0 radical (unpaired) electrons. The Morgan fingerprint density at radius 3 is 2.47 bits per heavy atom. The van der Waals surface area contributed by atoms with Crippen LogP contribution in [-0.2, 0) is 0 Å². The molecule has 0 aromatic heterocycles. The monoisotopic (exact) mass is 249 g/mol. The molecular formula is C11H14Cl2FN. The van der Waals surface area contributed by atoms with Crippen molar-refractivity contribution in [3.63, 3.8) is 0 Å². The van der Waals surface area contributed by atoms with E-state index in [2.05, 4.69) is 0 Å². The van der Waals surface area contributed by atoms with Crippen LogP contribution >= 0.6 is 23.2 Å². The van der Waals surface area contributed by atoms with Crippen LogP contribution in [0.5, 0.6) is 0 Å². The fourth-order valence-electron chi connectivity index (χ4n) is 1.47. The van der Waals surface area contributed by atoms with Gasteiger partial charge in [-0.2, -0.15) is 0 Å². The van der Waals surface area contributed by atoms with E-state index in [1.165, 1.54) is 12.1 Å². The molecule has 0 aliphatic rings. The van der Waals surface area contributed by atoms with Gasteiger partial charge in [0.1, 0.15) is 5.82 Å². The highest BCUT2D eigenvalue weighted by atomic mass is 35.5. The normalized spacial score (nSPS) is 15.1. The highest BCUT2D eigenvalue weighted by molar-refractivity contribution is 6.35. The lowest BCUT2D eigenvalue weighted by atomic mass is 9.92. The minimum atomic E-state index is -0.453. The van der Waals surface area contributed by atoms with Crippen LogP contribution in [0, 0.1) is 5.82 Å². The van der Waals surface area contributed by atoms with Gasteiger partial charge in [-0.15, -0.1) is 0 Å². The molecule has 1 rings (SSSR count). The Bertz CT molecular complexity index is 355. The Balaban J connectivity index is 3.09. The zero-order chi connectivity index (χ0) is 11.6. The van der Waals surface area contributed by atoms with Gasteiger partial charge in [-0.3, -0.25) is 0 Å². The molecule has 2 unspecified atom stereocenters. The van der Waals surface area contributed by atoms with Crippen LogP contribution in [0.25, 0.3) is 0 Å². The zero-order valence-corrected chi connectivity index (χ0v) is 10.2. The second-order valence-corrected chi connectivity index (χ2v) is 4.46. The molecule has 2 atom stereocenters. The number of rotatable bonds is 3. The summed E-state index contributed by atoms with van der Waals surface area (Å²) in [6.45, 7) is 3.92. The molecule has 0 fully saturated rings. The average Bonchev–Trinajstić information content (AvgIpc) is 2.21. The highest BCUT2D eigenvalue weighted by Gasteiger charge is 2.18. The standard InChI is InChI=1S/C11H14Cl2FN/c1-3-11(15)6(2)7-4-10(14)9(13)5-8(7)12/h4-6,11H,3,15H2,1-2H3. The maximum Gasteiger partial charge on any atom is 0.142 e. The van der Waals surface area contributed by atoms with E-state index in [9.17, 15) is 4.39 Å². The molecule has 1 nitrogen and oxygen atoms in total. The van der Waals surface area contributed by atoms with Gasteiger partial charge < -0.3 is 5.73 Å².